The molecule has 3 rings (SSSR count). The third kappa shape index (κ3) is 4.41. The van der Waals surface area contributed by atoms with Crippen molar-refractivity contribution in [1.82, 2.24) is 14.9 Å². The van der Waals surface area contributed by atoms with Crippen molar-refractivity contribution in [2.75, 3.05) is 7.11 Å². The Morgan fingerprint density at radius 3 is 2.71 bits per heavy atom. The van der Waals surface area contributed by atoms with Gasteiger partial charge in [0.15, 0.2) is 17.3 Å². The second kappa shape index (κ2) is 8.55. The first-order chi connectivity index (χ1) is 13.4. The van der Waals surface area contributed by atoms with Gasteiger partial charge in [-0.25, -0.2) is 5.10 Å². The van der Waals surface area contributed by atoms with E-state index >= 15 is 0 Å². The number of ether oxygens (including phenoxy) is 2. The summed E-state index contributed by atoms with van der Waals surface area (Å²) in [5.41, 5.74) is 1.32. The van der Waals surface area contributed by atoms with Gasteiger partial charge in [0.2, 0.25) is 4.77 Å². The molecule has 1 heterocycles. The number of aromatic amines is 1. The second-order valence-electron chi connectivity index (χ2n) is 5.54. The molecule has 0 saturated carbocycles. The Morgan fingerprint density at radius 1 is 1.25 bits per heavy atom. The van der Waals surface area contributed by atoms with Crippen LogP contribution in [0.2, 0.25) is 10.0 Å². The van der Waals surface area contributed by atoms with Crippen LogP contribution in [-0.4, -0.2) is 34.2 Å². The fraction of sp³-hybridized carbons (Fsp3) is 0.111. The number of nitrogens with zero attached hydrogens (tertiary/aromatic N) is 3. The number of aromatic nitrogens is 3. The molecule has 0 fully saturated rings. The molecule has 144 valence electrons. The van der Waals surface area contributed by atoms with Crippen LogP contribution < -0.4 is 9.47 Å². The molecule has 3 aromatic rings. The van der Waals surface area contributed by atoms with E-state index in [0.29, 0.717) is 43.3 Å². The van der Waals surface area contributed by atoms with E-state index in [-0.39, 0.29) is 0 Å². The van der Waals surface area contributed by atoms with Gasteiger partial charge in [-0.15, -0.1) is 0 Å². The van der Waals surface area contributed by atoms with Crippen molar-refractivity contribution in [2.24, 2.45) is 5.10 Å². The van der Waals surface area contributed by atoms with E-state index in [9.17, 15) is 4.79 Å². The fourth-order valence-electron chi connectivity index (χ4n) is 2.37. The summed E-state index contributed by atoms with van der Waals surface area (Å²) < 4.78 is 12.1. The van der Waals surface area contributed by atoms with Crippen LogP contribution in [0.4, 0.5) is 0 Å². The van der Waals surface area contributed by atoms with Crippen molar-refractivity contribution in [2.45, 2.75) is 6.92 Å². The summed E-state index contributed by atoms with van der Waals surface area (Å²) >= 11 is 17.5. The number of methoxy groups -OCH3 is 1. The van der Waals surface area contributed by atoms with E-state index in [0.717, 1.165) is 0 Å². The molecule has 0 amide bonds. The first-order valence-electron chi connectivity index (χ1n) is 7.92. The van der Waals surface area contributed by atoms with E-state index in [1.54, 1.807) is 42.6 Å². The van der Waals surface area contributed by atoms with Crippen LogP contribution >= 0.6 is 35.4 Å². The molecule has 1 aromatic heterocycles. The highest BCUT2D eigenvalue weighted by atomic mass is 35.5. The van der Waals surface area contributed by atoms with Crippen LogP contribution in [0.15, 0.2) is 41.5 Å². The molecular formula is C18H14Cl2N4O3S. The fourth-order valence-corrected chi connectivity index (χ4v) is 3.04. The van der Waals surface area contributed by atoms with Crippen molar-refractivity contribution < 1.29 is 14.3 Å². The zero-order valence-electron chi connectivity index (χ0n) is 14.8. The van der Waals surface area contributed by atoms with E-state index in [2.05, 4.69) is 15.3 Å². The maximum atomic E-state index is 11.2. The van der Waals surface area contributed by atoms with E-state index in [1.165, 1.54) is 18.7 Å². The Balaban J connectivity index is 1.96. The monoisotopic (exact) mass is 436 g/mol. The lowest BCUT2D eigenvalue weighted by Gasteiger charge is -2.08. The van der Waals surface area contributed by atoms with Gasteiger partial charge in [0, 0.05) is 17.5 Å². The first-order valence-corrected chi connectivity index (χ1v) is 9.09. The minimum atomic E-state index is -0.436. The Hall–Kier alpha value is -2.68. The van der Waals surface area contributed by atoms with Crippen LogP contribution in [0.5, 0.6) is 11.5 Å². The molecule has 2 aromatic carbocycles. The van der Waals surface area contributed by atoms with Crippen LogP contribution in [0.1, 0.15) is 12.5 Å². The zero-order valence-corrected chi connectivity index (χ0v) is 17.1. The lowest BCUT2D eigenvalue weighted by Crippen LogP contribution is -2.03. The summed E-state index contributed by atoms with van der Waals surface area (Å²) in [5.74, 6) is 0.719. The largest absolute Gasteiger partial charge is 0.493 e. The van der Waals surface area contributed by atoms with Crippen LogP contribution in [0, 0.1) is 4.77 Å². The van der Waals surface area contributed by atoms with Gasteiger partial charge in [0.05, 0.1) is 18.3 Å². The SMILES string of the molecule is COc1cc(/C=N\n2c(-c3ccc(Cl)cc3Cl)n[nH]c2=S)ccc1OC(C)=O. The number of benzene rings is 2. The van der Waals surface area contributed by atoms with Crippen molar-refractivity contribution in [1.29, 1.82) is 0 Å². The highest BCUT2D eigenvalue weighted by molar-refractivity contribution is 7.71. The summed E-state index contributed by atoms with van der Waals surface area (Å²) in [6, 6.07) is 10.1. The standard InChI is InChI=1S/C18H14Cl2N4O3S/c1-10(25)27-15-6-3-11(7-16(15)26-2)9-21-24-17(22-23-18(24)28)13-5-4-12(19)8-14(13)20/h3-9H,1-2H3,(H,23,28)/b21-9-. The normalized spacial score (nSPS) is 11.0. The lowest BCUT2D eigenvalue weighted by atomic mass is 10.2. The quantitative estimate of drug-likeness (QED) is 0.270. The molecule has 0 aliphatic rings. The molecule has 0 aliphatic heterocycles. The van der Waals surface area contributed by atoms with Crippen LogP contribution in [-0.2, 0) is 4.79 Å². The average molecular weight is 437 g/mol. The van der Waals surface area contributed by atoms with Crippen LogP contribution in [0.25, 0.3) is 11.4 Å². The smallest absolute Gasteiger partial charge is 0.308 e. The van der Waals surface area contributed by atoms with Gasteiger partial charge in [-0.05, 0) is 54.2 Å². The number of H-pyrrole nitrogens is 1. The molecular weight excluding hydrogens is 423 g/mol. The Morgan fingerprint density at radius 2 is 2.04 bits per heavy atom. The van der Waals surface area contributed by atoms with Crippen LogP contribution in [0.3, 0.4) is 0 Å². The summed E-state index contributed by atoms with van der Waals surface area (Å²) in [5, 5.41) is 12.2. The van der Waals surface area contributed by atoms with E-state index < -0.39 is 5.97 Å². The molecule has 1 N–H and O–H groups in total. The number of nitrogens with one attached hydrogen (secondary N) is 1. The summed E-state index contributed by atoms with van der Waals surface area (Å²) in [6.07, 6.45) is 1.57. The van der Waals surface area contributed by atoms with E-state index in [4.69, 9.17) is 44.9 Å². The summed E-state index contributed by atoms with van der Waals surface area (Å²) in [7, 11) is 1.48. The number of esters is 1. The number of hydrogen-bond acceptors (Lipinski definition) is 6. The number of halogens is 2. The Labute approximate surface area is 175 Å². The van der Waals surface area contributed by atoms with Gasteiger partial charge in [0.1, 0.15) is 0 Å². The molecule has 0 saturated heterocycles. The van der Waals surface area contributed by atoms with Crippen molar-refractivity contribution >= 4 is 47.6 Å². The second-order valence-corrected chi connectivity index (χ2v) is 6.77. The summed E-state index contributed by atoms with van der Waals surface area (Å²) in [4.78, 5) is 11.2. The number of carbonyl (C=O) groups excluding carboxylic acids is 1. The molecule has 0 atom stereocenters. The minimum absolute atomic E-state index is 0.292. The van der Waals surface area contributed by atoms with Crippen molar-refractivity contribution in [3.8, 4) is 22.9 Å². The summed E-state index contributed by atoms with van der Waals surface area (Å²) in [6.45, 7) is 1.32. The van der Waals surface area contributed by atoms with Gasteiger partial charge in [-0.2, -0.15) is 14.9 Å². The molecule has 0 spiro atoms. The number of carbonyl (C=O) groups is 1. The lowest BCUT2D eigenvalue weighted by molar-refractivity contribution is -0.132. The predicted octanol–water partition coefficient (Wildman–Crippen LogP) is 4.73. The molecule has 0 unspecified atom stereocenters. The van der Waals surface area contributed by atoms with Gasteiger partial charge in [0.25, 0.3) is 0 Å². The predicted molar refractivity (Wildman–Crippen MR) is 110 cm³/mol. The van der Waals surface area contributed by atoms with Gasteiger partial charge < -0.3 is 9.47 Å². The highest BCUT2D eigenvalue weighted by Gasteiger charge is 2.13. The molecule has 7 nitrogen and oxygen atoms in total. The molecule has 0 aliphatic carbocycles. The molecule has 10 heteroatoms. The molecule has 0 bridgehead atoms. The Bertz CT molecular complexity index is 1120. The van der Waals surface area contributed by atoms with Gasteiger partial charge in [-0.1, -0.05) is 23.2 Å². The molecule has 28 heavy (non-hydrogen) atoms. The maximum Gasteiger partial charge on any atom is 0.308 e. The Kier molecular flexibility index (Phi) is 6.13. The number of rotatable bonds is 5. The van der Waals surface area contributed by atoms with Gasteiger partial charge >= 0.3 is 5.97 Å². The average Bonchev–Trinajstić information content (AvgIpc) is 3.01. The minimum Gasteiger partial charge on any atom is -0.493 e. The van der Waals surface area contributed by atoms with Gasteiger partial charge in [-0.3, -0.25) is 4.79 Å². The van der Waals surface area contributed by atoms with E-state index in [1.807, 2.05) is 0 Å². The maximum absolute atomic E-state index is 11.2. The third-order valence-electron chi connectivity index (χ3n) is 3.59. The first kappa shape index (κ1) is 20.1. The zero-order chi connectivity index (χ0) is 20.3. The third-order valence-corrected chi connectivity index (χ3v) is 4.40. The topological polar surface area (TPSA) is 81.5 Å². The highest BCUT2D eigenvalue weighted by Crippen LogP contribution is 2.30. The van der Waals surface area contributed by atoms with Crippen molar-refractivity contribution in [3.63, 3.8) is 0 Å². The number of hydrogen-bond donors (Lipinski definition) is 1. The molecule has 0 radical (unpaired) electrons. The van der Waals surface area contributed by atoms with Crippen molar-refractivity contribution in [3.05, 3.63) is 56.8 Å².